The van der Waals surface area contributed by atoms with Crippen LogP contribution in [0, 0.1) is 6.92 Å². The van der Waals surface area contributed by atoms with Crippen LogP contribution in [0.3, 0.4) is 0 Å². The number of carbonyl (C=O) groups is 1. The molecule has 140 valence electrons. The molecule has 0 spiro atoms. The molecule has 0 N–H and O–H groups in total. The Morgan fingerprint density at radius 2 is 1.93 bits per heavy atom. The summed E-state index contributed by atoms with van der Waals surface area (Å²) in [5.41, 5.74) is 2.29. The highest BCUT2D eigenvalue weighted by Crippen LogP contribution is 2.29. The van der Waals surface area contributed by atoms with Crippen LogP contribution in [-0.2, 0) is 11.2 Å². The Bertz CT molecular complexity index is 1060. The minimum absolute atomic E-state index is 0.0851. The molecular formula is C20H17N5O2S. The topological polar surface area (TPSA) is 85.0 Å². The highest BCUT2D eigenvalue weighted by atomic mass is 32.1. The summed E-state index contributed by atoms with van der Waals surface area (Å²) in [6.07, 6.45) is 2.23. The predicted molar refractivity (Wildman–Crippen MR) is 106 cm³/mol. The third-order valence-corrected chi connectivity index (χ3v) is 4.92. The average molecular weight is 391 g/mol. The van der Waals surface area contributed by atoms with Crippen LogP contribution < -0.4 is 4.90 Å². The van der Waals surface area contributed by atoms with E-state index in [1.807, 2.05) is 60.8 Å². The number of hydrogen-bond acceptors (Lipinski definition) is 7. The number of thiazole rings is 1. The molecule has 0 aliphatic rings. The van der Waals surface area contributed by atoms with Gasteiger partial charge in [0.1, 0.15) is 5.69 Å². The summed E-state index contributed by atoms with van der Waals surface area (Å²) in [5.74, 6) is 0.731. The summed E-state index contributed by atoms with van der Waals surface area (Å²) in [7, 11) is 0. The third-order valence-electron chi connectivity index (χ3n) is 3.98. The van der Waals surface area contributed by atoms with Crippen LogP contribution in [0.5, 0.6) is 0 Å². The van der Waals surface area contributed by atoms with E-state index >= 15 is 0 Å². The third kappa shape index (κ3) is 3.96. The lowest BCUT2D eigenvalue weighted by Crippen LogP contribution is -2.26. The summed E-state index contributed by atoms with van der Waals surface area (Å²) in [5, 5.41) is 6.52. The normalized spacial score (nSPS) is 10.8. The molecule has 0 fully saturated rings. The second kappa shape index (κ2) is 8.10. The minimum atomic E-state index is -0.0851. The smallest absolute Gasteiger partial charge is 0.233 e. The molecular weight excluding hydrogens is 374 g/mol. The zero-order chi connectivity index (χ0) is 19.3. The molecule has 3 aromatic heterocycles. The number of amides is 1. The molecule has 1 amide bonds. The van der Waals surface area contributed by atoms with Gasteiger partial charge in [-0.15, -0.1) is 11.3 Å². The lowest BCUT2D eigenvalue weighted by molar-refractivity contribution is -0.117. The van der Waals surface area contributed by atoms with Crippen molar-refractivity contribution in [1.29, 1.82) is 0 Å². The Morgan fingerprint density at radius 1 is 1.11 bits per heavy atom. The Balaban J connectivity index is 1.50. The van der Waals surface area contributed by atoms with Crippen LogP contribution in [0.4, 0.5) is 10.8 Å². The molecule has 1 aromatic carbocycles. The molecule has 8 heteroatoms. The van der Waals surface area contributed by atoms with E-state index in [0.29, 0.717) is 29.0 Å². The molecule has 0 saturated carbocycles. The zero-order valence-electron chi connectivity index (χ0n) is 15.1. The van der Waals surface area contributed by atoms with Crippen LogP contribution in [0.1, 0.15) is 18.0 Å². The number of benzene rings is 1. The number of pyridine rings is 1. The molecule has 0 radical (unpaired) electrons. The minimum Gasteiger partial charge on any atom is -0.339 e. The predicted octanol–water partition coefficient (Wildman–Crippen LogP) is 4.19. The van der Waals surface area contributed by atoms with Gasteiger partial charge in [-0.3, -0.25) is 14.7 Å². The standard InChI is InChI=1S/C20H17N5O2S/c1-14-13-28-20(22-14)25(15-7-3-2-4-8-15)18(26)11-10-17-23-19(24-27-17)16-9-5-6-12-21-16/h2-9,12-13H,10-11H2,1H3. The largest absolute Gasteiger partial charge is 0.339 e. The van der Waals surface area contributed by atoms with Crippen molar-refractivity contribution in [1.82, 2.24) is 20.1 Å². The molecule has 0 atom stereocenters. The van der Waals surface area contributed by atoms with Crippen molar-refractivity contribution < 1.29 is 9.32 Å². The fourth-order valence-corrected chi connectivity index (χ4v) is 3.50. The van der Waals surface area contributed by atoms with E-state index in [-0.39, 0.29) is 12.3 Å². The van der Waals surface area contributed by atoms with E-state index in [4.69, 9.17) is 4.52 Å². The van der Waals surface area contributed by atoms with Crippen LogP contribution in [0.25, 0.3) is 11.5 Å². The van der Waals surface area contributed by atoms with Gasteiger partial charge in [-0.05, 0) is 31.2 Å². The number of nitrogens with zero attached hydrogens (tertiary/aromatic N) is 5. The number of anilines is 2. The van der Waals surface area contributed by atoms with Gasteiger partial charge in [0.25, 0.3) is 0 Å². The fourth-order valence-electron chi connectivity index (χ4n) is 2.66. The van der Waals surface area contributed by atoms with Crippen molar-refractivity contribution >= 4 is 28.1 Å². The van der Waals surface area contributed by atoms with E-state index in [0.717, 1.165) is 11.4 Å². The molecule has 28 heavy (non-hydrogen) atoms. The number of rotatable bonds is 6. The Labute approximate surface area is 165 Å². The Hall–Kier alpha value is -3.39. The quantitative estimate of drug-likeness (QED) is 0.490. The zero-order valence-corrected chi connectivity index (χ0v) is 16.0. The summed E-state index contributed by atoms with van der Waals surface area (Å²) in [6, 6.07) is 15.0. The summed E-state index contributed by atoms with van der Waals surface area (Å²) < 4.78 is 5.28. The maximum Gasteiger partial charge on any atom is 0.233 e. The van der Waals surface area contributed by atoms with Crippen LogP contribution >= 0.6 is 11.3 Å². The van der Waals surface area contributed by atoms with Gasteiger partial charge in [0.05, 0.1) is 11.4 Å². The second-order valence-electron chi connectivity index (χ2n) is 6.06. The van der Waals surface area contributed by atoms with Gasteiger partial charge in [0, 0.05) is 24.4 Å². The molecule has 4 rings (SSSR count). The highest BCUT2D eigenvalue weighted by molar-refractivity contribution is 7.14. The van der Waals surface area contributed by atoms with E-state index in [2.05, 4.69) is 20.1 Å². The molecule has 0 aliphatic carbocycles. The molecule has 7 nitrogen and oxygen atoms in total. The lowest BCUT2D eigenvalue weighted by atomic mass is 10.2. The van der Waals surface area contributed by atoms with Crippen molar-refractivity contribution in [3.8, 4) is 11.5 Å². The summed E-state index contributed by atoms with van der Waals surface area (Å²) in [4.78, 5) is 27.6. The maximum absolute atomic E-state index is 13.0. The molecule has 4 aromatic rings. The molecule has 3 heterocycles. The monoisotopic (exact) mass is 391 g/mol. The number of aromatic nitrogens is 4. The maximum atomic E-state index is 13.0. The van der Waals surface area contributed by atoms with Crippen molar-refractivity contribution in [2.24, 2.45) is 0 Å². The van der Waals surface area contributed by atoms with Crippen molar-refractivity contribution in [3.05, 3.63) is 71.7 Å². The van der Waals surface area contributed by atoms with E-state index in [1.54, 1.807) is 11.1 Å². The Morgan fingerprint density at radius 3 is 2.64 bits per heavy atom. The summed E-state index contributed by atoms with van der Waals surface area (Å²) >= 11 is 1.44. The Kier molecular flexibility index (Phi) is 5.20. The van der Waals surface area contributed by atoms with Crippen molar-refractivity contribution in [2.75, 3.05) is 4.90 Å². The van der Waals surface area contributed by atoms with E-state index in [9.17, 15) is 4.79 Å². The van der Waals surface area contributed by atoms with Crippen LogP contribution in [0.15, 0.2) is 64.6 Å². The van der Waals surface area contributed by atoms with Gasteiger partial charge in [-0.2, -0.15) is 4.98 Å². The van der Waals surface area contributed by atoms with Gasteiger partial charge in [-0.1, -0.05) is 29.4 Å². The first-order chi connectivity index (χ1) is 13.7. The van der Waals surface area contributed by atoms with Crippen molar-refractivity contribution in [2.45, 2.75) is 19.8 Å². The first kappa shape index (κ1) is 18.0. The van der Waals surface area contributed by atoms with Gasteiger partial charge >= 0.3 is 0 Å². The van der Waals surface area contributed by atoms with Gasteiger partial charge in [-0.25, -0.2) is 4.98 Å². The number of hydrogen-bond donors (Lipinski definition) is 0. The highest BCUT2D eigenvalue weighted by Gasteiger charge is 2.21. The first-order valence-electron chi connectivity index (χ1n) is 8.75. The van der Waals surface area contributed by atoms with Crippen LogP contribution in [0.2, 0.25) is 0 Å². The number of carbonyl (C=O) groups excluding carboxylic acids is 1. The lowest BCUT2D eigenvalue weighted by Gasteiger charge is -2.19. The summed E-state index contributed by atoms with van der Waals surface area (Å²) in [6.45, 7) is 1.91. The van der Waals surface area contributed by atoms with Gasteiger partial charge in [0.2, 0.25) is 17.6 Å². The number of aryl methyl sites for hydroxylation is 2. The van der Waals surface area contributed by atoms with Gasteiger partial charge < -0.3 is 4.52 Å². The molecule has 0 aliphatic heterocycles. The fraction of sp³-hybridized carbons (Fsp3) is 0.150. The average Bonchev–Trinajstić information content (AvgIpc) is 3.37. The second-order valence-corrected chi connectivity index (χ2v) is 6.90. The number of para-hydroxylation sites is 1. The van der Waals surface area contributed by atoms with Crippen molar-refractivity contribution in [3.63, 3.8) is 0 Å². The first-order valence-corrected chi connectivity index (χ1v) is 9.63. The molecule has 0 saturated heterocycles. The SMILES string of the molecule is Cc1csc(N(C(=O)CCc2nc(-c3ccccn3)no2)c2ccccc2)n1. The van der Waals surface area contributed by atoms with Crippen LogP contribution in [-0.4, -0.2) is 26.0 Å². The molecule has 0 unspecified atom stereocenters. The van der Waals surface area contributed by atoms with Gasteiger partial charge in [0.15, 0.2) is 5.13 Å². The van der Waals surface area contributed by atoms with E-state index < -0.39 is 0 Å². The van der Waals surface area contributed by atoms with E-state index in [1.165, 1.54) is 11.3 Å². The molecule has 0 bridgehead atoms.